The molecule has 1 N–H and O–H groups in total. The highest BCUT2D eigenvalue weighted by atomic mass is 32.2. The van der Waals surface area contributed by atoms with Crippen molar-refractivity contribution in [2.45, 2.75) is 38.0 Å². The van der Waals surface area contributed by atoms with Crippen LogP contribution in [0.4, 0.5) is 6.01 Å². The summed E-state index contributed by atoms with van der Waals surface area (Å²) >= 11 is 0. The predicted octanol–water partition coefficient (Wildman–Crippen LogP) is 3.33. The highest BCUT2D eigenvalue weighted by Gasteiger charge is 2.32. The molecule has 1 aliphatic heterocycles. The molecule has 3 aromatic rings. The summed E-state index contributed by atoms with van der Waals surface area (Å²) in [6.07, 6.45) is 1.29. The van der Waals surface area contributed by atoms with Crippen molar-refractivity contribution in [1.29, 1.82) is 0 Å². The van der Waals surface area contributed by atoms with Crippen molar-refractivity contribution < 1.29 is 22.4 Å². The number of carbonyl (C=O) groups is 1. The van der Waals surface area contributed by atoms with Crippen LogP contribution in [-0.4, -0.2) is 49.0 Å². The van der Waals surface area contributed by atoms with Crippen LogP contribution in [0.3, 0.4) is 0 Å². The van der Waals surface area contributed by atoms with Gasteiger partial charge in [0, 0.05) is 19.0 Å². The van der Waals surface area contributed by atoms with Gasteiger partial charge in [-0.2, -0.15) is 4.31 Å². The molecule has 1 aromatic heterocycles. The Balaban J connectivity index is 1.32. The second-order valence-electron chi connectivity index (χ2n) is 8.44. The molecular formula is C24H28N4O5S. The number of hydrogen-bond donors (Lipinski definition) is 1. The number of nitrogens with zero attached hydrogens (tertiary/aromatic N) is 3. The fourth-order valence-electron chi connectivity index (χ4n) is 3.93. The molecule has 1 amide bonds. The molecular weight excluding hydrogens is 456 g/mol. The van der Waals surface area contributed by atoms with Crippen molar-refractivity contribution in [3.05, 3.63) is 65.0 Å². The number of aromatic nitrogens is 2. The van der Waals surface area contributed by atoms with E-state index < -0.39 is 10.0 Å². The van der Waals surface area contributed by atoms with E-state index in [-0.39, 0.29) is 35.8 Å². The maximum atomic E-state index is 12.9. The molecule has 4 rings (SSSR count). The van der Waals surface area contributed by atoms with E-state index in [4.69, 9.17) is 9.15 Å². The number of rotatable bonds is 7. The Kier molecular flexibility index (Phi) is 6.99. The van der Waals surface area contributed by atoms with Crippen LogP contribution in [0.5, 0.6) is 5.75 Å². The van der Waals surface area contributed by atoms with Crippen molar-refractivity contribution in [1.82, 2.24) is 14.5 Å². The molecule has 1 saturated heterocycles. The lowest BCUT2D eigenvalue weighted by atomic mass is 9.97. The molecule has 10 heteroatoms. The molecule has 0 radical (unpaired) electrons. The van der Waals surface area contributed by atoms with Crippen LogP contribution in [0.15, 0.2) is 51.8 Å². The Morgan fingerprint density at radius 3 is 2.44 bits per heavy atom. The average Bonchev–Trinajstić information content (AvgIpc) is 3.28. The molecule has 0 aliphatic carbocycles. The van der Waals surface area contributed by atoms with E-state index in [0.717, 1.165) is 5.56 Å². The molecule has 0 atom stereocenters. The molecule has 34 heavy (non-hydrogen) atoms. The molecule has 1 fully saturated rings. The highest BCUT2D eigenvalue weighted by Crippen LogP contribution is 2.26. The van der Waals surface area contributed by atoms with Gasteiger partial charge >= 0.3 is 6.01 Å². The molecule has 1 aliphatic rings. The number of hydrogen-bond acceptors (Lipinski definition) is 7. The Morgan fingerprint density at radius 2 is 1.79 bits per heavy atom. The van der Waals surface area contributed by atoms with Crippen LogP contribution in [0.25, 0.3) is 0 Å². The summed E-state index contributed by atoms with van der Waals surface area (Å²) < 4.78 is 37.9. The van der Waals surface area contributed by atoms with Gasteiger partial charge in [0.25, 0.3) is 0 Å². The summed E-state index contributed by atoms with van der Waals surface area (Å²) in [4.78, 5) is 12.9. The van der Waals surface area contributed by atoms with Crippen molar-refractivity contribution in [2.24, 2.45) is 5.92 Å². The summed E-state index contributed by atoms with van der Waals surface area (Å²) in [6.45, 7) is 4.62. The van der Waals surface area contributed by atoms with Gasteiger partial charge in [-0.1, -0.05) is 23.3 Å². The van der Waals surface area contributed by atoms with E-state index in [0.29, 0.717) is 30.9 Å². The van der Waals surface area contributed by atoms with Gasteiger partial charge in [0.2, 0.25) is 21.8 Å². The smallest absolute Gasteiger partial charge is 0.322 e. The van der Waals surface area contributed by atoms with Crippen LogP contribution in [0.1, 0.15) is 35.4 Å². The zero-order chi connectivity index (χ0) is 24.3. The van der Waals surface area contributed by atoms with Crippen molar-refractivity contribution in [3.63, 3.8) is 0 Å². The number of nitrogens with one attached hydrogen (secondary N) is 1. The Bertz CT molecular complexity index is 1260. The third kappa shape index (κ3) is 5.28. The van der Waals surface area contributed by atoms with Gasteiger partial charge in [0.15, 0.2) is 0 Å². The fraction of sp³-hybridized carbons (Fsp3) is 0.375. The van der Waals surface area contributed by atoms with Crippen molar-refractivity contribution in [3.8, 4) is 5.75 Å². The topological polar surface area (TPSA) is 115 Å². The lowest BCUT2D eigenvalue weighted by Crippen LogP contribution is -2.41. The van der Waals surface area contributed by atoms with Gasteiger partial charge in [-0.3, -0.25) is 10.1 Å². The quantitative estimate of drug-likeness (QED) is 0.547. The van der Waals surface area contributed by atoms with E-state index in [1.165, 1.54) is 34.7 Å². The summed E-state index contributed by atoms with van der Waals surface area (Å²) in [6, 6.07) is 12.5. The molecule has 0 spiro atoms. The zero-order valence-electron chi connectivity index (χ0n) is 19.4. The van der Waals surface area contributed by atoms with Crippen molar-refractivity contribution in [2.75, 3.05) is 25.5 Å². The first-order chi connectivity index (χ1) is 16.3. The van der Waals surface area contributed by atoms with Gasteiger partial charge in [-0.05, 0) is 67.6 Å². The van der Waals surface area contributed by atoms with Gasteiger partial charge < -0.3 is 9.15 Å². The standard InChI is InChI=1S/C24H28N4O5S/c1-16-4-5-18(14-17(16)2)15-22-26-27-24(33-22)25-23(29)19-10-12-28(13-11-19)34(30,31)21-8-6-20(32-3)7-9-21/h4-9,14,19H,10-13,15H2,1-3H3,(H,25,27,29). The van der Waals surface area contributed by atoms with E-state index in [1.807, 2.05) is 19.1 Å². The highest BCUT2D eigenvalue weighted by molar-refractivity contribution is 7.89. The fourth-order valence-corrected chi connectivity index (χ4v) is 5.40. The Labute approximate surface area is 199 Å². The number of carbonyl (C=O) groups excluding carboxylic acids is 1. The first kappa shape index (κ1) is 23.9. The number of aryl methyl sites for hydroxylation is 2. The Morgan fingerprint density at radius 1 is 1.09 bits per heavy atom. The van der Waals surface area contributed by atoms with E-state index in [1.54, 1.807) is 12.1 Å². The number of methoxy groups -OCH3 is 1. The van der Waals surface area contributed by atoms with E-state index >= 15 is 0 Å². The molecule has 2 aromatic carbocycles. The van der Waals surface area contributed by atoms with Crippen LogP contribution in [-0.2, 0) is 21.2 Å². The van der Waals surface area contributed by atoms with Crippen LogP contribution >= 0.6 is 0 Å². The van der Waals surface area contributed by atoms with Crippen LogP contribution < -0.4 is 10.1 Å². The maximum absolute atomic E-state index is 12.9. The largest absolute Gasteiger partial charge is 0.497 e. The normalized spacial score (nSPS) is 15.3. The minimum absolute atomic E-state index is 0.0529. The number of anilines is 1. The SMILES string of the molecule is COc1ccc(S(=O)(=O)N2CCC(C(=O)Nc3nnc(Cc4ccc(C)c(C)c4)o3)CC2)cc1. The number of sulfonamides is 1. The minimum atomic E-state index is -3.62. The third-order valence-corrected chi connectivity index (χ3v) is 8.06. The van der Waals surface area contributed by atoms with Gasteiger partial charge in [0.05, 0.1) is 18.4 Å². The Hall–Kier alpha value is -3.24. The van der Waals surface area contributed by atoms with Gasteiger partial charge in [-0.15, -0.1) is 5.10 Å². The molecule has 0 unspecified atom stereocenters. The summed E-state index contributed by atoms with van der Waals surface area (Å²) in [5, 5.41) is 10.6. The van der Waals surface area contributed by atoms with E-state index in [9.17, 15) is 13.2 Å². The second-order valence-corrected chi connectivity index (χ2v) is 10.4. The molecule has 0 bridgehead atoms. The van der Waals surface area contributed by atoms with Crippen molar-refractivity contribution >= 4 is 21.9 Å². The zero-order valence-corrected chi connectivity index (χ0v) is 20.3. The molecule has 9 nitrogen and oxygen atoms in total. The number of amides is 1. The first-order valence-corrected chi connectivity index (χ1v) is 12.5. The lowest BCUT2D eigenvalue weighted by molar-refractivity contribution is -0.121. The number of piperidine rings is 1. The summed E-state index contributed by atoms with van der Waals surface area (Å²) in [5.74, 6) is 0.423. The number of benzene rings is 2. The first-order valence-electron chi connectivity index (χ1n) is 11.1. The third-order valence-electron chi connectivity index (χ3n) is 6.15. The maximum Gasteiger partial charge on any atom is 0.322 e. The minimum Gasteiger partial charge on any atom is -0.497 e. The van der Waals surface area contributed by atoms with Gasteiger partial charge in [-0.25, -0.2) is 8.42 Å². The van der Waals surface area contributed by atoms with Crippen LogP contribution in [0.2, 0.25) is 0 Å². The summed E-state index contributed by atoms with van der Waals surface area (Å²) in [5.41, 5.74) is 3.45. The van der Waals surface area contributed by atoms with E-state index in [2.05, 4.69) is 28.5 Å². The predicted molar refractivity (Wildman–Crippen MR) is 126 cm³/mol. The average molecular weight is 485 g/mol. The molecule has 180 valence electrons. The second kappa shape index (κ2) is 9.94. The monoisotopic (exact) mass is 484 g/mol. The number of ether oxygens (including phenoxy) is 1. The molecule has 2 heterocycles. The lowest BCUT2D eigenvalue weighted by Gasteiger charge is -2.30. The van der Waals surface area contributed by atoms with Gasteiger partial charge in [0.1, 0.15) is 5.75 Å². The van der Waals surface area contributed by atoms with Crippen LogP contribution in [0, 0.1) is 19.8 Å². The molecule has 0 saturated carbocycles. The summed E-state index contributed by atoms with van der Waals surface area (Å²) in [7, 11) is -2.10.